The Balaban J connectivity index is 2.01. The van der Waals surface area contributed by atoms with Crippen LogP contribution in [0.4, 0.5) is 13.2 Å². The van der Waals surface area contributed by atoms with Crippen LogP contribution in [-0.2, 0) is 17.5 Å². The van der Waals surface area contributed by atoms with Crippen LogP contribution in [0.15, 0.2) is 41.7 Å². The Kier molecular flexibility index (Phi) is 8.34. The number of thiazole rings is 1. The molecule has 11 heteroatoms. The summed E-state index contributed by atoms with van der Waals surface area (Å²) in [6.07, 6.45) is 1.13. The maximum atomic E-state index is 13.3. The zero-order valence-electron chi connectivity index (χ0n) is 17.9. The number of amides is 1. The van der Waals surface area contributed by atoms with E-state index in [4.69, 9.17) is 4.74 Å². The molecule has 2 heterocycles. The van der Waals surface area contributed by atoms with Gasteiger partial charge in [-0.15, -0.1) is 0 Å². The lowest BCUT2D eigenvalue weighted by atomic mass is 10.1. The van der Waals surface area contributed by atoms with Crippen LogP contribution < -0.4 is 14.9 Å². The molecular weight excluding hydrogens is 457 g/mol. The molecule has 1 amide bonds. The molecule has 7 nitrogen and oxygen atoms in total. The summed E-state index contributed by atoms with van der Waals surface area (Å²) in [5, 5.41) is 2.78. The van der Waals surface area contributed by atoms with Crippen molar-refractivity contribution in [1.82, 2.24) is 14.9 Å². The summed E-state index contributed by atoms with van der Waals surface area (Å²) in [4.78, 5) is 32.1. The summed E-state index contributed by atoms with van der Waals surface area (Å²) in [6.45, 7) is 3.10. The Morgan fingerprint density at radius 3 is 2.88 bits per heavy atom. The highest BCUT2D eigenvalue weighted by atomic mass is 32.1. The maximum absolute atomic E-state index is 13.3. The molecule has 0 saturated heterocycles. The first-order valence-corrected chi connectivity index (χ1v) is 11.2. The van der Waals surface area contributed by atoms with Crippen LogP contribution >= 0.6 is 11.3 Å². The van der Waals surface area contributed by atoms with E-state index in [1.54, 1.807) is 18.5 Å². The minimum Gasteiger partial charge on any atom is -0.491 e. The quantitative estimate of drug-likeness (QED) is 0.352. The number of nitrogens with one attached hydrogen (secondary N) is 1. The first-order valence-electron chi connectivity index (χ1n) is 10.4. The first-order chi connectivity index (χ1) is 15.8. The molecule has 3 aromatic rings. The number of benzene rings is 1. The van der Waals surface area contributed by atoms with Crippen molar-refractivity contribution in [3.8, 4) is 5.75 Å². The second kappa shape index (κ2) is 11.2. The molecule has 176 valence electrons. The number of ether oxygens (including phenoxy) is 1. The first kappa shape index (κ1) is 24.6. The number of hydrogen-bond acceptors (Lipinski definition) is 6. The summed E-state index contributed by atoms with van der Waals surface area (Å²) >= 11 is 1.27. The Morgan fingerprint density at radius 1 is 1.33 bits per heavy atom. The zero-order valence-corrected chi connectivity index (χ0v) is 18.7. The topological polar surface area (TPSA) is 85.6 Å². The normalized spacial score (nSPS) is 12.3. The standard InChI is InChI=1S/C22H23F3N4O3S/c1-2-3-10-29-17-14-27-7-6-19(17)33-21(29)28-20(31)16-13-15(22(23,24)25)4-5-18(16)32-12-9-26-8-11-30/h4-7,11,13-14,26H,2-3,8-10,12H2,1H3. The third kappa shape index (κ3) is 6.26. The maximum Gasteiger partial charge on any atom is 0.416 e. The molecule has 0 unspecified atom stereocenters. The van der Waals surface area contributed by atoms with Gasteiger partial charge in [-0.2, -0.15) is 18.2 Å². The fraction of sp³-hybridized carbons (Fsp3) is 0.364. The minimum absolute atomic E-state index is 0.00691. The van der Waals surface area contributed by atoms with Gasteiger partial charge >= 0.3 is 6.18 Å². The lowest BCUT2D eigenvalue weighted by Gasteiger charge is -2.13. The average molecular weight is 481 g/mol. The van der Waals surface area contributed by atoms with Gasteiger partial charge in [-0.05, 0) is 30.7 Å². The number of rotatable bonds is 10. The van der Waals surface area contributed by atoms with Gasteiger partial charge in [0.1, 0.15) is 18.6 Å². The van der Waals surface area contributed by atoms with Gasteiger partial charge in [0.05, 0.1) is 34.1 Å². The van der Waals surface area contributed by atoms with Crippen molar-refractivity contribution < 1.29 is 27.5 Å². The van der Waals surface area contributed by atoms with E-state index in [-0.39, 0.29) is 31.0 Å². The number of aromatic nitrogens is 2. The van der Waals surface area contributed by atoms with E-state index in [0.717, 1.165) is 41.3 Å². The molecule has 0 fully saturated rings. The highest BCUT2D eigenvalue weighted by Crippen LogP contribution is 2.33. The number of aldehydes is 1. The van der Waals surface area contributed by atoms with Gasteiger partial charge in [-0.3, -0.25) is 9.78 Å². The zero-order chi connectivity index (χ0) is 23.8. The molecule has 0 aliphatic carbocycles. The van der Waals surface area contributed by atoms with E-state index < -0.39 is 17.6 Å². The molecule has 0 radical (unpaired) electrons. The van der Waals surface area contributed by atoms with Crippen molar-refractivity contribution in [3.63, 3.8) is 0 Å². The van der Waals surface area contributed by atoms with Gasteiger partial charge < -0.3 is 19.4 Å². The summed E-state index contributed by atoms with van der Waals surface area (Å²) in [6, 6.07) is 4.53. The lowest BCUT2D eigenvalue weighted by molar-refractivity contribution is -0.137. The van der Waals surface area contributed by atoms with Gasteiger partial charge in [0.2, 0.25) is 0 Å². The van der Waals surface area contributed by atoms with Crippen LogP contribution in [0, 0.1) is 0 Å². The number of alkyl halides is 3. The number of halogens is 3. The van der Waals surface area contributed by atoms with E-state index in [0.29, 0.717) is 17.6 Å². The van der Waals surface area contributed by atoms with Crippen molar-refractivity contribution in [2.75, 3.05) is 19.7 Å². The molecule has 2 aromatic heterocycles. The van der Waals surface area contributed by atoms with Gasteiger partial charge in [-0.25, -0.2) is 0 Å². The summed E-state index contributed by atoms with van der Waals surface area (Å²) in [5.74, 6) is -0.839. The van der Waals surface area contributed by atoms with Crippen molar-refractivity contribution in [3.05, 3.63) is 52.6 Å². The minimum atomic E-state index is -4.62. The Labute approximate surface area is 191 Å². The molecule has 3 rings (SSSR count). The summed E-state index contributed by atoms with van der Waals surface area (Å²) < 4.78 is 48.1. The van der Waals surface area contributed by atoms with Gasteiger partial charge in [0.15, 0.2) is 4.80 Å². The lowest BCUT2D eigenvalue weighted by Crippen LogP contribution is -2.23. The molecule has 33 heavy (non-hydrogen) atoms. The predicted octanol–water partition coefficient (Wildman–Crippen LogP) is 3.83. The second-order valence-corrected chi connectivity index (χ2v) is 8.09. The van der Waals surface area contributed by atoms with Crippen molar-refractivity contribution in [2.24, 2.45) is 4.99 Å². The van der Waals surface area contributed by atoms with Gasteiger partial charge in [0, 0.05) is 19.3 Å². The number of carbonyl (C=O) groups is 2. The van der Waals surface area contributed by atoms with E-state index in [9.17, 15) is 22.8 Å². The van der Waals surface area contributed by atoms with E-state index in [1.165, 1.54) is 11.3 Å². The third-order valence-electron chi connectivity index (χ3n) is 4.72. The molecule has 0 bridgehead atoms. The van der Waals surface area contributed by atoms with Gasteiger partial charge in [0.25, 0.3) is 5.91 Å². The number of pyridine rings is 1. The number of nitrogens with zero attached hydrogens (tertiary/aromatic N) is 3. The summed E-state index contributed by atoms with van der Waals surface area (Å²) in [5.41, 5.74) is -0.436. The van der Waals surface area contributed by atoms with E-state index in [2.05, 4.69) is 15.3 Å². The monoisotopic (exact) mass is 480 g/mol. The Morgan fingerprint density at radius 2 is 2.15 bits per heavy atom. The SMILES string of the molecule is CCCCn1c(=NC(=O)c2cc(C(F)(F)F)ccc2OCCNCC=O)sc2ccncc21. The van der Waals surface area contributed by atoms with Crippen molar-refractivity contribution in [1.29, 1.82) is 0 Å². The number of hydrogen-bond donors (Lipinski definition) is 1. The summed E-state index contributed by atoms with van der Waals surface area (Å²) in [7, 11) is 0. The Hall–Kier alpha value is -3.05. The number of carbonyl (C=O) groups excluding carboxylic acids is 2. The van der Waals surface area contributed by atoms with Crippen LogP contribution in [-0.4, -0.2) is 41.4 Å². The average Bonchev–Trinajstić information content (AvgIpc) is 3.13. The molecule has 0 aliphatic heterocycles. The highest BCUT2D eigenvalue weighted by Gasteiger charge is 2.32. The molecule has 1 aromatic carbocycles. The molecule has 1 N–H and O–H groups in total. The van der Waals surface area contributed by atoms with Crippen LogP contribution in [0.3, 0.4) is 0 Å². The smallest absolute Gasteiger partial charge is 0.416 e. The second-order valence-electron chi connectivity index (χ2n) is 7.08. The molecule has 0 atom stereocenters. The molecular formula is C22H23F3N4O3S. The van der Waals surface area contributed by atoms with E-state index in [1.807, 2.05) is 11.5 Å². The Bertz CT molecular complexity index is 1190. The third-order valence-corrected chi connectivity index (χ3v) is 5.78. The van der Waals surface area contributed by atoms with E-state index >= 15 is 0 Å². The number of fused-ring (bicyclic) bond motifs is 1. The molecule has 0 aliphatic rings. The molecule has 0 saturated carbocycles. The fourth-order valence-electron chi connectivity index (χ4n) is 3.07. The fourth-order valence-corrected chi connectivity index (χ4v) is 4.10. The number of unbranched alkanes of at least 4 members (excludes halogenated alkanes) is 1. The number of aryl methyl sites for hydroxylation is 1. The highest BCUT2D eigenvalue weighted by molar-refractivity contribution is 7.16. The van der Waals surface area contributed by atoms with Crippen molar-refractivity contribution >= 4 is 33.7 Å². The van der Waals surface area contributed by atoms with Gasteiger partial charge in [-0.1, -0.05) is 24.7 Å². The van der Waals surface area contributed by atoms with Crippen LogP contribution in [0.1, 0.15) is 35.7 Å². The van der Waals surface area contributed by atoms with Crippen LogP contribution in [0.5, 0.6) is 5.75 Å². The van der Waals surface area contributed by atoms with Crippen molar-refractivity contribution in [2.45, 2.75) is 32.5 Å². The molecule has 0 spiro atoms. The van der Waals surface area contributed by atoms with Crippen LogP contribution in [0.25, 0.3) is 10.2 Å². The largest absolute Gasteiger partial charge is 0.491 e. The predicted molar refractivity (Wildman–Crippen MR) is 118 cm³/mol. The van der Waals surface area contributed by atoms with Crippen LogP contribution in [0.2, 0.25) is 0 Å².